The van der Waals surface area contributed by atoms with Gasteiger partial charge in [0.15, 0.2) is 0 Å². The van der Waals surface area contributed by atoms with E-state index in [4.69, 9.17) is 0 Å². The third kappa shape index (κ3) is 22.5. The number of carbonyl (C=O) groups excluding carboxylic acids is 1. The molecule has 0 spiro atoms. The molecule has 5 nitrogen and oxygen atoms in total. The molecule has 0 aliphatic heterocycles. The summed E-state index contributed by atoms with van der Waals surface area (Å²) in [6, 6.07) is -0.701. The van der Waals surface area contributed by atoms with E-state index in [0.717, 1.165) is 32.1 Å². The van der Waals surface area contributed by atoms with Crippen LogP contribution in [0.4, 0.5) is 0 Å². The normalized spacial score (nSPS) is 14.0. The second-order valence-corrected chi connectivity index (χ2v) is 11.0. The van der Waals surface area contributed by atoms with Gasteiger partial charge < -0.3 is 20.6 Å². The van der Waals surface area contributed by atoms with Crippen LogP contribution in [0.25, 0.3) is 0 Å². The van der Waals surface area contributed by atoms with Gasteiger partial charge in [0.1, 0.15) is 6.10 Å². The SMILES string of the molecule is CCCCCCCCCCCCCCCCC(O)C(CO)NC(=O)C(O)CCCCCCCCCC. The van der Waals surface area contributed by atoms with Gasteiger partial charge in [-0.05, 0) is 12.8 Å². The number of rotatable bonds is 28. The molecule has 0 aromatic heterocycles. The Morgan fingerprint density at radius 3 is 1.25 bits per heavy atom. The maximum Gasteiger partial charge on any atom is 0.249 e. The fourth-order valence-corrected chi connectivity index (χ4v) is 4.89. The van der Waals surface area contributed by atoms with Gasteiger partial charge in [0.05, 0.1) is 18.8 Å². The summed E-state index contributed by atoms with van der Waals surface area (Å²) in [6.45, 7) is 4.17. The predicted molar refractivity (Wildman–Crippen MR) is 153 cm³/mol. The molecule has 0 radical (unpaired) electrons. The quantitative estimate of drug-likeness (QED) is 0.0811. The van der Waals surface area contributed by atoms with Gasteiger partial charge in [0.2, 0.25) is 5.91 Å². The van der Waals surface area contributed by atoms with Crippen molar-refractivity contribution in [3.05, 3.63) is 0 Å². The molecule has 0 heterocycles. The number of aliphatic hydroxyl groups is 3. The van der Waals surface area contributed by atoms with Crippen molar-refractivity contribution in [2.75, 3.05) is 6.61 Å². The van der Waals surface area contributed by atoms with Crippen molar-refractivity contribution in [1.29, 1.82) is 0 Å². The molecule has 0 saturated carbocycles. The van der Waals surface area contributed by atoms with Crippen molar-refractivity contribution in [2.45, 2.75) is 186 Å². The summed E-state index contributed by atoms with van der Waals surface area (Å²) in [4.78, 5) is 12.3. The lowest BCUT2D eigenvalue weighted by molar-refractivity contribution is -0.131. The zero-order valence-electron chi connectivity index (χ0n) is 24.2. The van der Waals surface area contributed by atoms with Crippen LogP contribution in [0, 0.1) is 0 Å². The van der Waals surface area contributed by atoms with E-state index in [-0.39, 0.29) is 6.61 Å². The average molecular weight is 514 g/mol. The third-order valence-electron chi connectivity index (χ3n) is 7.48. The first-order valence-electron chi connectivity index (χ1n) is 15.8. The zero-order valence-corrected chi connectivity index (χ0v) is 24.2. The Bertz CT molecular complexity index is 460. The molecule has 3 unspecified atom stereocenters. The summed E-state index contributed by atoms with van der Waals surface area (Å²) in [5.74, 6) is -0.475. The van der Waals surface area contributed by atoms with Gasteiger partial charge in [0, 0.05) is 0 Å². The van der Waals surface area contributed by atoms with Crippen molar-refractivity contribution in [2.24, 2.45) is 0 Å². The molecular weight excluding hydrogens is 450 g/mol. The Labute approximate surface area is 224 Å². The molecule has 0 aliphatic carbocycles. The number of unbranched alkanes of at least 4 members (excludes halogenated alkanes) is 20. The molecule has 0 saturated heterocycles. The van der Waals surface area contributed by atoms with Crippen LogP contribution in [0.15, 0.2) is 0 Å². The van der Waals surface area contributed by atoms with Gasteiger partial charge in [-0.1, -0.05) is 155 Å². The molecule has 0 aromatic carbocycles. The van der Waals surface area contributed by atoms with Crippen LogP contribution in [0.3, 0.4) is 0 Å². The van der Waals surface area contributed by atoms with Crippen LogP contribution in [0.5, 0.6) is 0 Å². The first kappa shape index (κ1) is 35.4. The third-order valence-corrected chi connectivity index (χ3v) is 7.48. The summed E-state index contributed by atoms with van der Waals surface area (Å²) in [5.41, 5.74) is 0. The molecule has 216 valence electrons. The Morgan fingerprint density at radius 1 is 0.556 bits per heavy atom. The fourth-order valence-electron chi connectivity index (χ4n) is 4.89. The fraction of sp³-hybridized carbons (Fsp3) is 0.968. The van der Waals surface area contributed by atoms with Gasteiger partial charge in [-0.15, -0.1) is 0 Å². The van der Waals surface area contributed by atoms with E-state index < -0.39 is 24.2 Å². The lowest BCUT2D eigenvalue weighted by Gasteiger charge is -2.23. The van der Waals surface area contributed by atoms with E-state index in [0.29, 0.717) is 12.8 Å². The molecule has 3 atom stereocenters. The van der Waals surface area contributed by atoms with Gasteiger partial charge in [0.25, 0.3) is 0 Å². The summed E-state index contributed by atoms with van der Waals surface area (Å²) in [5, 5.41) is 32.8. The van der Waals surface area contributed by atoms with Gasteiger partial charge in [-0.2, -0.15) is 0 Å². The van der Waals surface area contributed by atoms with E-state index in [1.165, 1.54) is 109 Å². The Hall–Kier alpha value is -0.650. The smallest absolute Gasteiger partial charge is 0.249 e. The molecule has 36 heavy (non-hydrogen) atoms. The Balaban J connectivity index is 3.70. The largest absolute Gasteiger partial charge is 0.394 e. The topological polar surface area (TPSA) is 89.8 Å². The minimum atomic E-state index is -1.06. The van der Waals surface area contributed by atoms with E-state index in [9.17, 15) is 20.1 Å². The molecule has 4 N–H and O–H groups in total. The highest BCUT2D eigenvalue weighted by atomic mass is 16.3. The average Bonchev–Trinajstić information content (AvgIpc) is 2.88. The van der Waals surface area contributed by atoms with Crippen molar-refractivity contribution in [3.8, 4) is 0 Å². The zero-order chi connectivity index (χ0) is 26.7. The summed E-state index contributed by atoms with van der Waals surface area (Å²) in [7, 11) is 0. The highest BCUT2D eigenvalue weighted by Crippen LogP contribution is 2.15. The first-order valence-corrected chi connectivity index (χ1v) is 15.8. The van der Waals surface area contributed by atoms with Crippen LogP contribution < -0.4 is 5.32 Å². The summed E-state index contributed by atoms with van der Waals surface area (Å²) in [6.07, 6.45) is 26.6. The lowest BCUT2D eigenvalue weighted by Crippen LogP contribution is -2.49. The Kier molecular flexibility index (Phi) is 26.9. The molecule has 0 bridgehead atoms. The molecule has 5 heteroatoms. The van der Waals surface area contributed by atoms with Crippen LogP contribution in [0.2, 0.25) is 0 Å². The first-order chi connectivity index (χ1) is 17.6. The van der Waals surface area contributed by atoms with Gasteiger partial charge >= 0.3 is 0 Å². The highest BCUT2D eigenvalue weighted by molar-refractivity contribution is 5.80. The highest BCUT2D eigenvalue weighted by Gasteiger charge is 2.23. The van der Waals surface area contributed by atoms with Crippen LogP contribution in [-0.2, 0) is 4.79 Å². The number of nitrogens with one attached hydrogen (secondary N) is 1. The molecular formula is C31H63NO4. The van der Waals surface area contributed by atoms with E-state index >= 15 is 0 Å². The standard InChI is InChI=1S/C31H63NO4/c1-3-5-7-9-11-13-14-15-16-17-18-20-21-23-25-29(34)28(27-33)32-31(36)30(35)26-24-22-19-12-10-8-6-4-2/h28-30,33-35H,3-27H2,1-2H3,(H,32,36). The Morgan fingerprint density at radius 2 is 0.889 bits per heavy atom. The second-order valence-electron chi connectivity index (χ2n) is 11.0. The molecule has 0 rings (SSSR count). The van der Waals surface area contributed by atoms with Crippen molar-refractivity contribution < 1.29 is 20.1 Å². The number of amides is 1. The van der Waals surface area contributed by atoms with Crippen molar-refractivity contribution in [3.63, 3.8) is 0 Å². The minimum absolute atomic E-state index is 0.310. The number of aliphatic hydroxyl groups excluding tert-OH is 3. The minimum Gasteiger partial charge on any atom is -0.394 e. The molecule has 0 aliphatic rings. The lowest BCUT2D eigenvalue weighted by atomic mass is 10.0. The monoisotopic (exact) mass is 513 g/mol. The van der Waals surface area contributed by atoms with Crippen LogP contribution in [0.1, 0.15) is 168 Å². The molecule has 1 amide bonds. The summed E-state index contributed by atoms with van der Waals surface area (Å²) < 4.78 is 0. The van der Waals surface area contributed by atoms with Crippen molar-refractivity contribution >= 4 is 5.91 Å². The predicted octanol–water partition coefficient (Wildman–Crippen LogP) is 7.59. The number of hydrogen-bond acceptors (Lipinski definition) is 4. The summed E-state index contributed by atoms with van der Waals surface area (Å²) >= 11 is 0. The number of carbonyl (C=O) groups is 1. The van der Waals surface area contributed by atoms with Gasteiger partial charge in [-0.25, -0.2) is 0 Å². The van der Waals surface area contributed by atoms with E-state index in [1.54, 1.807) is 0 Å². The van der Waals surface area contributed by atoms with Crippen LogP contribution >= 0.6 is 0 Å². The second kappa shape index (κ2) is 27.4. The van der Waals surface area contributed by atoms with E-state index in [1.807, 2.05) is 0 Å². The maximum absolute atomic E-state index is 12.3. The molecule has 0 fully saturated rings. The van der Waals surface area contributed by atoms with Gasteiger partial charge in [-0.3, -0.25) is 4.79 Å². The van der Waals surface area contributed by atoms with Crippen molar-refractivity contribution in [1.82, 2.24) is 5.32 Å². The molecule has 0 aromatic rings. The maximum atomic E-state index is 12.3. The van der Waals surface area contributed by atoms with E-state index in [2.05, 4.69) is 19.2 Å². The number of hydrogen-bond donors (Lipinski definition) is 4. The van der Waals surface area contributed by atoms with Crippen LogP contribution in [-0.4, -0.2) is 46.1 Å².